The molecule has 4 heteroatoms. The van der Waals surface area contributed by atoms with Crippen molar-refractivity contribution in [2.24, 2.45) is 10.8 Å². The summed E-state index contributed by atoms with van der Waals surface area (Å²) in [5.41, 5.74) is 9.68. The number of aliphatic hydroxyl groups is 1. The van der Waals surface area contributed by atoms with Gasteiger partial charge in [0, 0.05) is 48.6 Å². The van der Waals surface area contributed by atoms with E-state index < -0.39 is 5.41 Å². The zero-order valence-electron chi connectivity index (χ0n) is 24.3. The van der Waals surface area contributed by atoms with Crippen molar-refractivity contribution in [3.8, 4) is 22.4 Å². The molecule has 1 N–H and O–H groups in total. The van der Waals surface area contributed by atoms with Gasteiger partial charge in [0.1, 0.15) is 5.76 Å². The smallest absolute Gasteiger partial charge is 0.164 e. The molecule has 3 aromatic rings. The Balaban J connectivity index is 0.000000248. The van der Waals surface area contributed by atoms with Crippen molar-refractivity contribution in [3.63, 3.8) is 0 Å². The number of ketones is 1. The zero-order chi connectivity index (χ0) is 27.6. The molecule has 2 aromatic carbocycles. The number of hydrogen-bond donors (Lipinski definition) is 1. The molecule has 1 aromatic heterocycles. The normalized spacial score (nSPS) is 16.2. The number of nitrogens with zero attached hydrogens (tertiary/aromatic N) is 1. The molecule has 1 heterocycles. The van der Waals surface area contributed by atoms with Gasteiger partial charge >= 0.3 is 0 Å². The SMILES string of the molecule is CC(C)(C)C(=O)/C=C(\O)C(C)(C)C.CC1(C)c2cccnc2-c2[c-]ccc3c2-c2c1cccc2C3(C)C.[Ir]. The molecule has 0 saturated carbocycles. The van der Waals surface area contributed by atoms with Gasteiger partial charge in [-0.25, -0.2) is 0 Å². The molecular weight excluding hydrogens is 647 g/mol. The summed E-state index contributed by atoms with van der Waals surface area (Å²) in [4.78, 5) is 16.3. The van der Waals surface area contributed by atoms with E-state index >= 15 is 0 Å². The minimum Gasteiger partial charge on any atom is -0.512 e. The zero-order valence-corrected chi connectivity index (χ0v) is 26.7. The molecule has 2 aliphatic rings. The Morgan fingerprint density at radius 1 is 0.816 bits per heavy atom. The summed E-state index contributed by atoms with van der Waals surface area (Å²) in [6, 6.07) is 18.9. The number of fused-ring (bicyclic) bond motifs is 2. The molecule has 0 saturated heterocycles. The second-order valence-corrected chi connectivity index (χ2v) is 13.4. The van der Waals surface area contributed by atoms with Gasteiger partial charge in [-0.15, -0.1) is 29.3 Å². The van der Waals surface area contributed by atoms with Crippen LogP contribution < -0.4 is 0 Å². The number of rotatable bonds is 1. The van der Waals surface area contributed by atoms with Crippen molar-refractivity contribution in [3.05, 3.63) is 88.8 Å². The molecule has 5 rings (SSSR count). The van der Waals surface area contributed by atoms with Gasteiger partial charge in [-0.1, -0.05) is 110 Å². The molecule has 0 atom stereocenters. The third-order valence-electron chi connectivity index (χ3n) is 7.82. The first kappa shape index (κ1) is 30.0. The number of allylic oxidation sites excluding steroid dienone is 2. The van der Waals surface area contributed by atoms with E-state index in [9.17, 15) is 9.90 Å². The second-order valence-electron chi connectivity index (χ2n) is 13.4. The summed E-state index contributed by atoms with van der Waals surface area (Å²) in [6.07, 6.45) is 3.24. The molecule has 0 unspecified atom stereocenters. The van der Waals surface area contributed by atoms with Crippen LogP contribution in [0.3, 0.4) is 0 Å². The van der Waals surface area contributed by atoms with E-state index in [2.05, 4.69) is 76.2 Å². The van der Waals surface area contributed by atoms with Gasteiger partial charge in [-0.05, 0) is 28.3 Å². The number of aliphatic hydroxyl groups excluding tert-OH is 1. The first-order valence-corrected chi connectivity index (χ1v) is 13.1. The van der Waals surface area contributed by atoms with Gasteiger partial charge in [0.25, 0.3) is 0 Å². The van der Waals surface area contributed by atoms with Crippen LogP contribution in [0, 0.1) is 16.9 Å². The Morgan fingerprint density at radius 3 is 1.89 bits per heavy atom. The first-order chi connectivity index (χ1) is 17.0. The van der Waals surface area contributed by atoms with Crippen molar-refractivity contribution < 1.29 is 30.0 Å². The first-order valence-electron chi connectivity index (χ1n) is 13.1. The minimum atomic E-state index is -0.417. The molecule has 0 aliphatic heterocycles. The summed E-state index contributed by atoms with van der Waals surface area (Å²) in [6.45, 7) is 20.4. The second kappa shape index (κ2) is 9.88. The number of benzene rings is 2. The van der Waals surface area contributed by atoms with Crippen LogP contribution in [-0.2, 0) is 35.7 Å². The van der Waals surface area contributed by atoms with Crippen LogP contribution in [0.4, 0.5) is 0 Å². The Kier molecular flexibility index (Phi) is 7.80. The van der Waals surface area contributed by atoms with E-state index in [1.807, 2.05) is 47.7 Å². The standard InChI is InChI=1S/C23H20N.C11H20O2.Ir/c1-22(2)15-9-5-8-14-19(15)20-16(22)10-6-11-17(20)23(3,4)18-12-7-13-24-21(14)18;1-10(2,3)8(12)7-9(13)11(4,5)6;/h5-7,9-13H,1-4H3;7,12H,1-6H3;/q-1;;/b;8-7-;. The molecule has 203 valence electrons. The molecular formula is C34H40IrNO2-. The van der Waals surface area contributed by atoms with E-state index in [1.54, 1.807) is 0 Å². The molecule has 0 amide bonds. The number of pyridine rings is 1. The van der Waals surface area contributed by atoms with Gasteiger partial charge in [-0.2, -0.15) is 0 Å². The molecule has 0 spiro atoms. The van der Waals surface area contributed by atoms with Gasteiger partial charge in [0.15, 0.2) is 5.78 Å². The van der Waals surface area contributed by atoms with Crippen LogP contribution in [0.15, 0.2) is 60.5 Å². The van der Waals surface area contributed by atoms with Crippen LogP contribution in [0.25, 0.3) is 22.4 Å². The Hall–Kier alpha value is -2.55. The van der Waals surface area contributed by atoms with Crippen LogP contribution in [0.1, 0.15) is 91.5 Å². The number of carbonyl (C=O) groups excluding carboxylic acids is 1. The maximum atomic E-state index is 11.5. The van der Waals surface area contributed by atoms with E-state index in [0.717, 1.165) is 11.3 Å². The van der Waals surface area contributed by atoms with E-state index in [4.69, 9.17) is 4.98 Å². The van der Waals surface area contributed by atoms with Crippen molar-refractivity contribution in [2.45, 2.75) is 80.1 Å². The quantitative estimate of drug-likeness (QED) is 0.159. The maximum Gasteiger partial charge on any atom is 0.164 e. The van der Waals surface area contributed by atoms with Gasteiger partial charge in [0.05, 0.1) is 0 Å². The third kappa shape index (κ3) is 4.94. The summed E-state index contributed by atoms with van der Waals surface area (Å²) in [7, 11) is 0. The van der Waals surface area contributed by atoms with Crippen molar-refractivity contribution >= 4 is 5.78 Å². The van der Waals surface area contributed by atoms with Gasteiger partial charge in [-0.3, -0.25) is 4.79 Å². The van der Waals surface area contributed by atoms with Crippen LogP contribution >= 0.6 is 0 Å². The summed E-state index contributed by atoms with van der Waals surface area (Å²) in [5.74, 6) is 0.104. The Labute approximate surface area is 242 Å². The van der Waals surface area contributed by atoms with Crippen molar-refractivity contribution in [1.29, 1.82) is 0 Å². The van der Waals surface area contributed by atoms with Crippen molar-refractivity contribution in [2.75, 3.05) is 0 Å². The average Bonchev–Trinajstić information content (AvgIpc) is 3.00. The Bertz CT molecular complexity index is 1420. The fourth-order valence-corrected chi connectivity index (χ4v) is 5.29. The summed E-state index contributed by atoms with van der Waals surface area (Å²) < 4.78 is 0. The number of aromatic nitrogens is 1. The van der Waals surface area contributed by atoms with E-state index in [-0.39, 0.29) is 47.9 Å². The topological polar surface area (TPSA) is 50.2 Å². The van der Waals surface area contributed by atoms with E-state index in [0.29, 0.717) is 0 Å². The van der Waals surface area contributed by atoms with Gasteiger partial charge in [0.2, 0.25) is 0 Å². The minimum absolute atomic E-state index is 0. The predicted octanol–water partition coefficient (Wildman–Crippen LogP) is 8.58. The number of hydrogen-bond acceptors (Lipinski definition) is 3. The van der Waals surface area contributed by atoms with Gasteiger partial charge < -0.3 is 10.1 Å². The van der Waals surface area contributed by atoms with E-state index in [1.165, 1.54) is 39.5 Å². The molecule has 3 nitrogen and oxygen atoms in total. The summed E-state index contributed by atoms with van der Waals surface area (Å²) in [5, 5.41) is 9.56. The van der Waals surface area contributed by atoms with Crippen LogP contribution in [-0.4, -0.2) is 15.9 Å². The molecule has 0 fully saturated rings. The van der Waals surface area contributed by atoms with Crippen LogP contribution in [0.5, 0.6) is 0 Å². The molecule has 0 bridgehead atoms. The average molecular weight is 687 g/mol. The predicted molar refractivity (Wildman–Crippen MR) is 153 cm³/mol. The van der Waals surface area contributed by atoms with Crippen LogP contribution in [0.2, 0.25) is 0 Å². The molecule has 1 radical (unpaired) electrons. The fourth-order valence-electron chi connectivity index (χ4n) is 5.29. The number of carbonyl (C=O) groups is 1. The monoisotopic (exact) mass is 687 g/mol. The largest absolute Gasteiger partial charge is 0.512 e. The fraction of sp³-hybridized carbons (Fsp3) is 0.412. The van der Waals surface area contributed by atoms with Crippen molar-refractivity contribution in [1.82, 2.24) is 4.98 Å². The molecule has 2 aliphatic carbocycles. The Morgan fingerprint density at radius 2 is 1.34 bits per heavy atom. The maximum absolute atomic E-state index is 11.5. The molecule has 38 heavy (non-hydrogen) atoms. The third-order valence-corrected chi connectivity index (χ3v) is 7.82. The summed E-state index contributed by atoms with van der Waals surface area (Å²) >= 11 is 0.